The summed E-state index contributed by atoms with van der Waals surface area (Å²) in [5.74, 6) is 0.459. The molecule has 32 heavy (non-hydrogen) atoms. The lowest BCUT2D eigenvalue weighted by molar-refractivity contribution is -0.126. The van der Waals surface area contributed by atoms with E-state index < -0.39 is 0 Å². The maximum atomic E-state index is 13.0. The van der Waals surface area contributed by atoms with Crippen LogP contribution in [0.25, 0.3) is 10.9 Å². The number of halogens is 1. The molecule has 2 amide bonds. The van der Waals surface area contributed by atoms with Gasteiger partial charge in [-0.1, -0.05) is 18.5 Å². The van der Waals surface area contributed by atoms with Gasteiger partial charge in [0, 0.05) is 47.5 Å². The van der Waals surface area contributed by atoms with Crippen molar-refractivity contribution in [3.8, 4) is 0 Å². The van der Waals surface area contributed by atoms with Gasteiger partial charge in [0.05, 0.1) is 0 Å². The van der Waals surface area contributed by atoms with E-state index in [-0.39, 0.29) is 17.7 Å². The third kappa shape index (κ3) is 5.29. The number of carbonyl (C=O) groups is 2. The fourth-order valence-electron chi connectivity index (χ4n) is 5.14. The Bertz CT molecular complexity index is 945. The Balaban J connectivity index is 1.23. The normalized spacial score (nSPS) is 19.9. The molecule has 2 N–H and O–H groups in total. The first-order valence-corrected chi connectivity index (χ1v) is 12.4. The van der Waals surface area contributed by atoms with Crippen molar-refractivity contribution in [1.29, 1.82) is 0 Å². The molecule has 0 unspecified atom stereocenters. The Morgan fingerprint density at radius 2 is 1.84 bits per heavy atom. The van der Waals surface area contributed by atoms with Gasteiger partial charge < -0.3 is 20.1 Å². The number of benzene rings is 1. The topological polar surface area (TPSA) is 68.4 Å². The number of aromatic nitrogens is 1. The summed E-state index contributed by atoms with van der Waals surface area (Å²) in [4.78, 5) is 33.3. The highest BCUT2D eigenvalue weighted by Gasteiger charge is 2.30. The van der Waals surface area contributed by atoms with Crippen LogP contribution in [-0.4, -0.2) is 65.4 Å². The van der Waals surface area contributed by atoms with Crippen molar-refractivity contribution in [2.75, 3.05) is 32.7 Å². The number of aromatic amines is 1. The zero-order valence-electron chi connectivity index (χ0n) is 19.2. The first kappa shape index (κ1) is 23.1. The molecule has 2 aliphatic heterocycles. The third-order valence-corrected chi connectivity index (χ3v) is 7.62. The van der Waals surface area contributed by atoms with Crippen molar-refractivity contribution in [3.63, 3.8) is 0 Å². The molecular weight excluding hydrogens is 424 g/mol. The second-order valence-electron chi connectivity index (χ2n) is 9.50. The van der Waals surface area contributed by atoms with Crippen LogP contribution in [0.5, 0.6) is 0 Å². The second-order valence-corrected chi connectivity index (χ2v) is 9.94. The maximum absolute atomic E-state index is 13.0. The Hall–Kier alpha value is -2.05. The molecule has 2 aromatic rings. The SMILES string of the molecule is C[C@H](CCNC(=O)[C@H](C)C1CCN(C(=O)c2cc3cc(Cl)ccc3[nH]2)CC1)N1CCCC1. The lowest BCUT2D eigenvalue weighted by Gasteiger charge is -2.34. The van der Waals surface area contributed by atoms with Gasteiger partial charge in [0.2, 0.25) is 5.91 Å². The van der Waals surface area contributed by atoms with Crippen molar-refractivity contribution in [1.82, 2.24) is 20.1 Å². The molecule has 6 nitrogen and oxygen atoms in total. The molecule has 0 aliphatic carbocycles. The predicted octanol–water partition coefficient (Wildman–Crippen LogP) is 4.30. The molecule has 2 fully saturated rings. The molecule has 2 aliphatic rings. The summed E-state index contributed by atoms with van der Waals surface area (Å²) < 4.78 is 0. The van der Waals surface area contributed by atoms with E-state index in [0.29, 0.717) is 35.8 Å². The number of nitrogens with zero attached hydrogens (tertiary/aromatic N) is 2. The summed E-state index contributed by atoms with van der Waals surface area (Å²) in [6, 6.07) is 7.98. The molecule has 2 atom stereocenters. The number of hydrogen-bond acceptors (Lipinski definition) is 3. The number of amides is 2. The maximum Gasteiger partial charge on any atom is 0.270 e. The first-order valence-electron chi connectivity index (χ1n) is 12.0. The summed E-state index contributed by atoms with van der Waals surface area (Å²) in [6.45, 7) is 8.78. The fraction of sp³-hybridized carbons (Fsp3) is 0.600. The number of carbonyl (C=O) groups excluding carboxylic acids is 2. The van der Waals surface area contributed by atoms with E-state index in [2.05, 4.69) is 22.1 Å². The Kier molecular flexibility index (Phi) is 7.41. The van der Waals surface area contributed by atoms with Crippen LogP contribution < -0.4 is 5.32 Å². The summed E-state index contributed by atoms with van der Waals surface area (Å²) in [5.41, 5.74) is 1.51. The van der Waals surface area contributed by atoms with Crippen LogP contribution in [0.1, 0.15) is 56.4 Å². The van der Waals surface area contributed by atoms with Crippen LogP contribution in [0.3, 0.4) is 0 Å². The minimum atomic E-state index is -0.0236. The van der Waals surface area contributed by atoms with Crippen LogP contribution in [-0.2, 0) is 4.79 Å². The molecule has 174 valence electrons. The van der Waals surface area contributed by atoms with Gasteiger partial charge >= 0.3 is 0 Å². The average Bonchev–Trinajstić information content (AvgIpc) is 3.48. The minimum absolute atomic E-state index is 0.0174. The number of likely N-dealkylation sites (tertiary alicyclic amines) is 2. The standard InChI is InChI=1S/C25H35ClN4O2/c1-17(29-11-3-4-12-29)7-10-27-24(31)18(2)19-8-13-30(14-9-19)25(32)23-16-20-15-21(26)5-6-22(20)28-23/h5-6,15-19,28H,3-4,7-14H2,1-2H3,(H,27,31)/t17-,18-/m1/s1. The van der Waals surface area contributed by atoms with Crippen molar-refractivity contribution < 1.29 is 9.59 Å². The van der Waals surface area contributed by atoms with Crippen molar-refractivity contribution in [2.24, 2.45) is 11.8 Å². The van der Waals surface area contributed by atoms with Gasteiger partial charge in [-0.05, 0) is 82.3 Å². The molecule has 2 saturated heterocycles. The Morgan fingerprint density at radius 3 is 2.56 bits per heavy atom. The first-order chi connectivity index (χ1) is 15.4. The van der Waals surface area contributed by atoms with Crippen LogP contribution in [0, 0.1) is 11.8 Å². The van der Waals surface area contributed by atoms with Gasteiger partial charge in [-0.25, -0.2) is 0 Å². The van der Waals surface area contributed by atoms with E-state index in [4.69, 9.17) is 11.6 Å². The molecule has 0 saturated carbocycles. The molecule has 1 aromatic heterocycles. The predicted molar refractivity (Wildman–Crippen MR) is 129 cm³/mol. The number of nitrogens with one attached hydrogen (secondary N) is 2. The van der Waals surface area contributed by atoms with Gasteiger partial charge in [0.25, 0.3) is 5.91 Å². The molecule has 0 radical (unpaired) electrons. The van der Waals surface area contributed by atoms with Crippen LogP contribution in [0.2, 0.25) is 5.02 Å². The van der Waals surface area contributed by atoms with E-state index in [1.165, 1.54) is 25.9 Å². The highest BCUT2D eigenvalue weighted by atomic mass is 35.5. The third-order valence-electron chi connectivity index (χ3n) is 7.39. The molecule has 4 rings (SSSR count). The number of hydrogen-bond donors (Lipinski definition) is 2. The average molecular weight is 459 g/mol. The van der Waals surface area contributed by atoms with E-state index in [9.17, 15) is 9.59 Å². The van der Waals surface area contributed by atoms with Crippen LogP contribution in [0.4, 0.5) is 0 Å². The van der Waals surface area contributed by atoms with Gasteiger partial charge in [-0.2, -0.15) is 0 Å². The highest BCUT2D eigenvalue weighted by Crippen LogP contribution is 2.27. The fourth-order valence-corrected chi connectivity index (χ4v) is 5.32. The quantitative estimate of drug-likeness (QED) is 0.649. The molecule has 3 heterocycles. The smallest absolute Gasteiger partial charge is 0.270 e. The van der Waals surface area contributed by atoms with Crippen LogP contribution in [0.15, 0.2) is 24.3 Å². The van der Waals surface area contributed by atoms with Crippen LogP contribution >= 0.6 is 11.6 Å². The molecular formula is C25H35ClN4O2. The Morgan fingerprint density at radius 1 is 1.12 bits per heavy atom. The zero-order valence-corrected chi connectivity index (χ0v) is 20.0. The number of H-pyrrole nitrogens is 1. The monoisotopic (exact) mass is 458 g/mol. The van der Waals surface area contributed by atoms with E-state index in [0.717, 1.165) is 36.7 Å². The lowest BCUT2D eigenvalue weighted by atomic mass is 9.84. The molecule has 0 spiro atoms. The van der Waals surface area contributed by atoms with Crippen molar-refractivity contribution in [2.45, 2.75) is 52.0 Å². The van der Waals surface area contributed by atoms with Gasteiger partial charge in [0.15, 0.2) is 0 Å². The second kappa shape index (κ2) is 10.3. The van der Waals surface area contributed by atoms with Gasteiger partial charge in [-0.15, -0.1) is 0 Å². The molecule has 1 aromatic carbocycles. The number of rotatable bonds is 7. The number of fused-ring (bicyclic) bond motifs is 1. The molecule has 0 bridgehead atoms. The van der Waals surface area contributed by atoms with Crippen molar-refractivity contribution >= 4 is 34.3 Å². The highest BCUT2D eigenvalue weighted by molar-refractivity contribution is 6.31. The zero-order chi connectivity index (χ0) is 22.7. The largest absolute Gasteiger partial charge is 0.356 e. The summed E-state index contributed by atoms with van der Waals surface area (Å²) in [7, 11) is 0. The summed E-state index contributed by atoms with van der Waals surface area (Å²) in [6.07, 6.45) is 5.31. The van der Waals surface area contributed by atoms with Crippen molar-refractivity contribution in [3.05, 3.63) is 35.0 Å². The number of piperidine rings is 1. The minimum Gasteiger partial charge on any atom is -0.356 e. The van der Waals surface area contributed by atoms with Gasteiger partial charge in [0.1, 0.15) is 5.69 Å². The van der Waals surface area contributed by atoms with E-state index in [1.54, 1.807) is 0 Å². The van der Waals surface area contributed by atoms with E-state index >= 15 is 0 Å². The Labute approximate surface area is 195 Å². The lowest BCUT2D eigenvalue weighted by Crippen LogP contribution is -2.43. The summed E-state index contributed by atoms with van der Waals surface area (Å²) in [5, 5.41) is 4.76. The molecule has 7 heteroatoms. The summed E-state index contributed by atoms with van der Waals surface area (Å²) >= 11 is 6.06. The van der Waals surface area contributed by atoms with E-state index in [1.807, 2.05) is 36.1 Å². The van der Waals surface area contributed by atoms with Gasteiger partial charge in [-0.3, -0.25) is 9.59 Å².